The standard InChI is InChI=1S/C20H14F2N4O/c21-15-8-4-7-14(17(15)22)18(25-27)13-9-10-16-24-20(23)19(26(16)11-13)12-5-2-1-3-6-12/h1-11,27H,23H2/b25-18-. The van der Waals surface area contributed by atoms with Gasteiger partial charge in [-0.15, -0.1) is 0 Å². The lowest BCUT2D eigenvalue weighted by molar-refractivity contribution is 0.319. The number of rotatable bonds is 3. The van der Waals surface area contributed by atoms with E-state index in [1.165, 1.54) is 12.1 Å². The van der Waals surface area contributed by atoms with Crippen LogP contribution in [-0.2, 0) is 0 Å². The van der Waals surface area contributed by atoms with Crippen LogP contribution in [0.25, 0.3) is 16.9 Å². The van der Waals surface area contributed by atoms with Crippen LogP contribution < -0.4 is 5.73 Å². The number of aromatic nitrogens is 2. The maximum atomic E-state index is 14.2. The number of oxime groups is 1. The maximum Gasteiger partial charge on any atom is 0.168 e. The molecule has 134 valence electrons. The van der Waals surface area contributed by atoms with Crippen LogP contribution >= 0.6 is 0 Å². The number of imidazole rings is 1. The highest BCUT2D eigenvalue weighted by molar-refractivity contribution is 6.12. The molecule has 0 aliphatic rings. The molecule has 0 unspecified atom stereocenters. The molecule has 0 saturated carbocycles. The zero-order chi connectivity index (χ0) is 19.0. The van der Waals surface area contributed by atoms with E-state index in [0.717, 1.165) is 11.6 Å². The minimum absolute atomic E-state index is 0.0971. The van der Waals surface area contributed by atoms with E-state index in [1.54, 1.807) is 22.7 Å². The molecule has 2 heterocycles. The summed E-state index contributed by atoms with van der Waals surface area (Å²) in [4.78, 5) is 4.32. The Balaban J connectivity index is 1.92. The molecular weight excluding hydrogens is 350 g/mol. The number of nitrogen functional groups attached to an aromatic ring is 1. The van der Waals surface area contributed by atoms with E-state index in [4.69, 9.17) is 5.73 Å². The molecule has 0 spiro atoms. The molecule has 0 fully saturated rings. The molecule has 0 aliphatic heterocycles. The fraction of sp³-hybridized carbons (Fsp3) is 0. The van der Waals surface area contributed by atoms with E-state index in [9.17, 15) is 14.0 Å². The normalized spacial score (nSPS) is 11.9. The molecule has 0 radical (unpaired) electrons. The molecule has 0 saturated heterocycles. The van der Waals surface area contributed by atoms with Crippen molar-refractivity contribution < 1.29 is 14.0 Å². The van der Waals surface area contributed by atoms with Crippen molar-refractivity contribution >= 4 is 17.2 Å². The van der Waals surface area contributed by atoms with Gasteiger partial charge in [0, 0.05) is 22.9 Å². The first-order chi connectivity index (χ1) is 13.1. The second-order valence-corrected chi connectivity index (χ2v) is 5.91. The van der Waals surface area contributed by atoms with Gasteiger partial charge in [0.05, 0.1) is 5.69 Å². The lowest BCUT2D eigenvalue weighted by Crippen LogP contribution is -2.09. The van der Waals surface area contributed by atoms with E-state index in [-0.39, 0.29) is 11.3 Å². The minimum Gasteiger partial charge on any atom is -0.410 e. The van der Waals surface area contributed by atoms with Crippen LogP contribution in [0, 0.1) is 11.6 Å². The van der Waals surface area contributed by atoms with Gasteiger partial charge in [0.2, 0.25) is 0 Å². The summed E-state index contributed by atoms with van der Waals surface area (Å²) in [6, 6.07) is 16.4. The van der Waals surface area contributed by atoms with Crippen LogP contribution in [0.3, 0.4) is 0 Å². The zero-order valence-corrected chi connectivity index (χ0v) is 14.0. The first-order valence-electron chi connectivity index (χ1n) is 8.10. The molecule has 5 nitrogen and oxygen atoms in total. The number of pyridine rings is 1. The van der Waals surface area contributed by atoms with Crippen molar-refractivity contribution in [1.29, 1.82) is 0 Å². The zero-order valence-electron chi connectivity index (χ0n) is 14.0. The number of benzene rings is 2. The highest BCUT2D eigenvalue weighted by Gasteiger charge is 2.18. The van der Waals surface area contributed by atoms with Gasteiger partial charge in [-0.1, -0.05) is 41.6 Å². The number of hydrogen-bond donors (Lipinski definition) is 2. The summed E-state index contributed by atoms with van der Waals surface area (Å²) in [5.74, 6) is -1.77. The lowest BCUT2D eigenvalue weighted by Gasteiger charge is -2.09. The number of nitrogens with zero attached hydrogens (tertiary/aromatic N) is 3. The van der Waals surface area contributed by atoms with Crippen LogP contribution in [0.15, 0.2) is 72.0 Å². The Labute approximate surface area is 153 Å². The average Bonchev–Trinajstić information content (AvgIpc) is 3.01. The average molecular weight is 364 g/mol. The molecule has 3 N–H and O–H groups in total. The van der Waals surface area contributed by atoms with Crippen molar-refractivity contribution in [2.75, 3.05) is 5.73 Å². The van der Waals surface area contributed by atoms with Gasteiger partial charge in [0.1, 0.15) is 11.4 Å². The predicted octanol–water partition coefficient (Wildman–Crippen LogP) is 4.09. The quantitative estimate of drug-likeness (QED) is 0.327. The van der Waals surface area contributed by atoms with Crippen LogP contribution in [0.5, 0.6) is 0 Å². The summed E-state index contributed by atoms with van der Waals surface area (Å²) in [7, 11) is 0. The third-order valence-electron chi connectivity index (χ3n) is 4.27. The molecule has 2 aromatic heterocycles. The Morgan fingerprint density at radius 2 is 1.78 bits per heavy atom. The van der Waals surface area contributed by atoms with Crippen molar-refractivity contribution in [2.45, 2.75) is 0 Å². The van der Waals surface area contributed by atoms with E-state index in [1.807, 2.05) is 30.3 Å². The summed E-state index contributed by atoms with van der Waals surface area (Å²) in [6.07, 6.45) is 1.63. The largest absolute Gasteiger partial charge is 0.410 e. The predicted molar refractivity (Wildman–Crippen MR) is 98.8 cm³/mol. The molecule has 27 heavy (non-hydrogen) atoms. The van der Waals surface area contributed by atoms with Gasteiger partial charge in [-0.3, -0.25) is 4.40 Å². The third kappa shape index (κ3) is 2.79. The summed E-state index contributed by atoms with van der Waals surface area (Å²) < 4.78 is 29.5. The van der Waals surface area contributed by atoms with Crippen molar-refractivity contribution in [2.24, 2.45) is 5.16 Å². The smallest absolute Gasteiger partial charge is 0.168 e. The second-order valence-electron chi connectivity index (χ2n) is 5.91. The van der Waals surface area contributed by atoms with Gasteiger partial charge in [-0.2, -0.15) is 0 Å². The molecule has 0 bridgehead atoms. The van der Waals surface area contributed by atoms with Gasteiger partial charge < -0.3 is 10.9 Å². The first kappa shape index (κ1) is 16.7. The Hall–Kier alpha value is -3.74. The summed E-state index contributed by atoms with van der Waals surface area (Å²) in [5, 5.41) is 12.7. The van der Waals surface area contributed by atoms with Crippen LogP contribution in [0.4, 0.5) is 14.6 Å². The van der Waals surface area contributed by atoms with Gasteiger partial charge in [0.15, 0.2) is 17.5 Å². The number of fused-ring (bicyclic) bond motifs is 1. The summed E-state index contributed by atoms with van der Waals surface area (Å²) in [6.45, 7) is 0. The lowest BCUT2D eigenvalue weighted by atomic mass is 10.0. The summed E-state index contributed by atoms with van der Waals surface area (Å²) in [5.41, 5.74) is 8.29. The molecule has 4 rings (SSSR count). The summed E-state index contributed by atoms with van der Waals surface area (Å²) >= 11 is 0. The van der Waals surface area contributed by atoms with E-state index >= 15 is 0 Å². The molecule has 4 aromatic rings. The van der Waals surface area contributed by atoms with E-state index in [0.29, 0.717) is 22.7 Å². The molecule has 0 amide bonds. The van der Waals surface area contributed by atoms with Crippen molar-refractivity contribution in [3.8, 4) is 11.3 Å². The Kier molecular flexibility index (Phi) is 4.04. The van der Waals surface area contributed by atoms with Crippen molar-refractivity contribution in [3.63, 3.8) is 0 Å². The third-order valence-corrected chi connectivity index (χ3v) is 4.27. The van der Waals surface area contributed by atoms with E-state index in [2.05, 4.69) is 10.1 Å². The Bertz CT molecular complexity index is 1170. The fourth-order valence-corrected chi connectivity index (χ4v) is 3.04. The van der Waals surface area contributed by atoms with Crippen LogP contribution in [0.1, 0.15) is 11.1 Å². The molecule has 7 heteroatoms. The number of halogens is 2. The SMILES string of the molecule is Nc1nc2ccc(/C(=N/O)c3cccc(F)c3F)cn2c1-c1ccccc1. The number of hydrogen-bond acceptors (Lipinski definition) is 4. The molecule has 0 aliphatic carbocycles. The van der Waals surface area contributed by atoms with Crippen molar-refractivity contribution in [1.82, 2.24) is 9.38 Å². The monoisotopic (exact) mass is 364 g/mol. The Morgan fingerprint density at radius 3 is 2.52 bits per heavy atom. The van der Waals surface area contributed by atoms with Crippen LogP contribution in [0.2, 0.25) is 0 Å². The highest BCUT2D eigenvalue weighted by atomic mass is 19.2. The van der Waals surface area contributed by atoms with Crippen molar-refractivity contribution in [3.05, 3.63) is 89.6 Å². The van der Waals surface area contributed by atoms with Gasteiger partial charge in [0.25, 0.3) is 0 Å². The van der Waals surface area contributed by atoms with E-state index < -0.39 is 11.6 Å². The molecular formula is C20H14F2N4O. The number of anilines is 1. The highest BCUT2D eigenvalue weighted by Crippen LogP contribution is 2.28. The maximum absolute atomic E-state index is 14.2. The second kappa shape index (κ2) is 6.53. The topological polar surface area (TPSA) is 75.9 Å². The minimum atomic E-state index is -1.08. The molecule has 2 aromatic carbocycles. The Morgan fingerprint density at radius 1 is 1.00 bits per heavy atom. The first-order valence-corrected chi connectivity index (χ1v) is 8.10. The van der Waals surface area contributed by atoms with Gasteiger partial charge in [-0.25, -0.2) is 13.8 Å². The number of nitrogens with two attached hydrogens (primary N) is 1. The van der Waals surface area contributed by atoms with Crippen LogP contribution in [-0.4, -0.2) is 20.3 Å². The van der Waals surface area contributed by atoms with Gasteiger partial charge >= 0.3 is 0 Å². The molecule has 0 atom stereocenters. The van der Waals surface area contributed by atoms with Gasteiger partial charge in [-0.05, 0) is 24.3 Å². The fourth-order valence-electron chi connectivity index (χ4n) is 3.04.